The molecule has 0 radical (unpaired) electrons. The van der Waals surface area contributed by atoms with Gasteiger partial charge in [-0.15, -0.1) is 0 Å². The van der Waals surface area contributed by atoms with Crippen molar-refractivity contribution >= 4 is 40.6 Å². The van der Waals surface area contributed by atoms with Gasteiger partial charge in [-0.25, -0.2) is 4.99 Å². The van der Waals surface area contributed by atoms with E-state index in [1.807, 2.05) is 56.3 Å². The van der Waals surface area contributed by atoms with Crippen molar-refractivity contribution in [2.24, 2.45) is 4.99 Å². The molecule has 2 aromatic heterocycles. The van der Waals surface area contributed by atoms with Crippen LogP contribution in [-0.4, -0.2) is 10.5 Å². The van der Waals surface area contributed by atoms with Gasteiger partial charge in [0.05, 0.1) is 15.8 Å². The van der Waals surface area contributed by atoms with Crippen molar-refractivity contribution in [3.63, 3.8) is 0 Å². The molecule has 0 fully saturated rings. The van der Waals surface area contributed by atoms with Crippen LogP contribution in [0.15, 0.2) is 86.1 Å². The second-order valence-corrected chi connectivity index (χ2v) is 9.80. The summed E-state index contributed by atoms with van der Waals surface area (Å²) in [7, 11) is 0. The molecule has 8 heteroatoms. The number of amides is 1. The molecule has 0 saturated carbocycles. The molecule has 0 saturated heterocycles. The van der Waals surface area contributed by atoms with Crippen LogP contribution in [0.2, 0.25) is 5.02 Å². The molecule has 6 nitrogen and oxygen atoms in total. The van der Waals surface area contributed by atoms with Gasteiger partial charge in [0, 0.05) is 10.7 Å². The van der Waals surface area contributed by atoms with Crippen molar-refractivity contribution in [3.8, 4) is 0 Å². The van der Waals surface area contributed by atoms with Crippen LogP contribution in [0.4, 0.5) is 5.69 Å². The number of benzene rings is 2. The van der Waals surface area contributed by atoms with Crippen molar-refractivity contribution in [2.45, 2.75) is 26.8 Å². The SMILES string of the molecule is CC1=C(C(=O)Nc2ccccc2C)C(c2ccc(C)o2)n2c(sc(=Cc3cccc(Cl)c3)c2=O)=N1. The van der Waals surface area contributed by atoms with E-state index in [2.05, 4.69) is 10.3 Å². The topological polar surface area (TPSA) is 76.6 Å². The highest BCUT2D eigenvalue weighted by Gasteiger charge is 2.34. The molecule has 0 bridgehead atoms. The van der Waals surface area contributed by atoms with Crippen LogP contribution in [0.5, 0.6) is 0 Å². The van der Waals surface area contributed by atoms with Crippen LogP contribution in [0.25, 0.3) is 6.08 Å². The minimum Gasteiger partial charge on any atom is -0.464 e. The molecular formula is C27H22ClN3O3S. The first-order valence-electron chi connectivity index (χ1n) is 11.0. The van der Waals surface area contributed by atoms with Crippen molar-refractivity contribution in [2.75, 3.05) is 5.32 Å². The van der Waals surface area contributed by atoms with Gasteiger partial charge in [-0.1, -0.05) is 53.3 Å². The summed E-state index contributed by atoms with van der Waals surface area (Å²) in [5.41, 5.74) is 3.09. The van der Waals surface area contributed by atoms with Gasteiger partial charge in [-0.3, -0.25) is 14.2 Å². The van der Waals surface area contributed by atoms with Crippen LogP contribution in [0.1, 0.15) is 35.6 Å². The lowest BCUT2D eigenvalue weighted by atomic mass is 10.00. The number of nitrogens with zero attached hydrogens (tertiary/aromatic N) is 2. The smallest absolute Gasteiger partial charge is 0.271 e. The van der Waals surface area contributed by atoms with Crippen LogP contribution >= 0.6 is 22.9 Å². The lowest BCUT2D eigenvalue weighted by molar-refractivity contribution is -0.113. The molecule has 1 unspecified atom stereocenters. The number of thiazole rings is 1. The third-order valence-electron chi connectivity index (χ3n) is 5.84. The number of carbonyl (C=O) groups excluding carboxylic acids is 1. The fourth-order valence-corrected chi connectivity index (χ4v) is 5.38. The van der Waals surface area contributed by atoms with Gasteiger partial charge in [0.25, 0.3) is 11.5 Å². The number of nitrogens with one attached hydrogen (secondary N) is 1. The monoisotopic (exact) mass is 503 g/mol. The number of rotatable bonds is 4. The molecule has 35 heavy (non-hydrogen) atoms. The molecule has 1 atom stereocenters. The predicted molar refractivity (Wildman–Crippen MR) is 138 cm³/mol. The molecule has 1 aliphatic heterocycles. The molecule has 0 spiro atoms. The quantitative estimate of drug-likeness (QED) is 0.437. The Balaban J connectivity index is 1.67. The number of para-hydroxylation sites is 1. The Bertz CT molecular complexity index is 1680. The Hall–Kier alpha value is -3.68. The Kier molecular flexibility index (Phi) is 6.05. The number of hydrogen-bond acceptors (Lipinski definition) is 5. The maximum Gasteiger partial charge on any atom is 0.271 e. The lowest BCUT2D eigenvalue weighted by Gasteiger charge is -2.23. The van der Waals surface area contributed by atoms with E-state index < -0.39 is 6.04 Å². The molecule has 4 aromatic rings. The standard InChI is InChI=1S/C27H22ClN3O3S/c1-15-7-4-5-10-20(15)30-25(32)23-17(3)29-27-31(24(23)21-12-11-16(2)34-21)26(33)22(35-27)14-18-8-6-9-19(28)13-18/h4-14,24H,1-3H3,(H,30,32). The highest BCUT2D eigenvalue weighted by atomic mass is 35.5. The van der Waals surface area contributed by atoms with Gasteiger partial charge < -0.3 is 9.73 Å². The zero-order chi connectivity index (χ0) is 24.7. The average molecular weight is 504 g/mol. The van der Waals surface area contributed by atoms with Crippen molar-refractivity contribution in [1.82, 2.24) is 4.57 Å². The summed E-state index contributed by atoms with van der Waals surface area (Å²) in [6.45, 7) is 5.54. The van der Waals surface area contributed by atoms with E-state index in [9.17, 15) is 9.59 Å². The van der Waals surface area contributed by atoms with Crippen LogP contribution in [0, 0.1) is 13.8 Å². The number of aromatic nitrogens is 1. The molecule has 1 N–H and O–H groups in total. The molecule has 0 aliphatic carbocycles. The number of hydrogen-bond donors (Lipinski definition) is 1. The van der Waals surface area contributed by atoms with Gasteiger partial charge in [0.15, 0.2) is 4.80 Å². The summed E-state index contributed by atoms with van der Waals surface area (Å²) in [6, 6.07) is 17.7. The summed E-state index contributed by atoms with van der Waals surface area (Å²) < 4.78 is 7.98. The van der Waals surface area contributed by atoms with E-state index in [1.54, 1.807) is 35.8 Å². The van der Waals surface area contributed by atoms with Crippen LogP contribution in [-0.2, 0) is 4.79 Å². The fourth-order valence-electron chi connectivity index (χ4n) is 4.13. The number of anilines is 1. The first-order valence-corrected chi connectivity index (χ1v) is 12.2. The minimum absolute atomic E-state index is 0.249. The van der Waals surface area contributed by atoms with Gasteiger partial charge >= 0.3 is 0 Å². The molecule has 176 valence electrons. The van der Waals surface area contributed by atoms with Crippen LogP contribution in [0.3, 0.4) is 0 Å². The first kappa shape index (κ1) is 23.1. The molecule has 3 heterocycles. The number of allylic oxidation sites excluding steroid dienone is 1. The second-order valence-electron chi connectivity index (χ2n) is 8.35. The van der Waals surface area contributed by atoms with E-state index in [-0.39, 0.29) is 11.5 Å². The van der Waals surface area contributed by atoms with Crippen molar-refractivity contribution in [1.29, 1.82) is 0 Å². The summed E-state index contributed by atoms with van der Waals surface area (Å²) in [5, 5.41) is 3.57. The van der Waals surface area contributed by atoms with Crippen molar-refractivity contribution in [3.05, 3.63) is 119 Å². The number of furan rings is 1. The van der Waals surface area contributed by atoms with Crippen LogP contribution < -0.4 is 20.2 Å². The number of carbonyl (C=O) groups is 1. The van der Waals surface area contributed by atoms with Crippen molar-refractivity contribution < 1.29 is 9.21 Å². The highest BCUT2D eigenvalue weighted by molar-refractivity contribution is 7.07. The molecule has 5 rings (SSSR count). The first-order chi connectivity index (χ1) is 16.8. The molecular weight excluding hydrogens is 482 g/mol. The zero-order valence-corrected chi connectivity index (χ0v) is 20.9. The Morgan fingerprint density at radius 2 is 1.91 bits per heavy atom. The maximum absolute atomic E-state index is 13.6. The summed E-state index contributed by atoms with van der Waals surface area (Å²) in [4.78, 5) is 32.4. The number of halogens is 1. The Morgan fingerprint density at radius 3 is 2.63 bits per heavy atom. The van der Waals surface area contributed by atoms with E-state index in [0.717, 1.165) is 11.1 Å². The highest BCUT2D eigenvalue weighted by Crippen LogP contribution is 2.32. The van der Waals surface area contributed by atoms with E-state index >= 15 is 0 Å². The fraction of sp³-hybridized carbons (Fsp3) is 0.148. The molecule has 1 amide bonds. The Labute approximate surface area is 210 Å². The summed E-state index contributed by atoms with van der Waals surface area (Å²) in [5.74, 6) is 0.861. The van der Waals surface area contributed by atoms with Gasteiger partial charge in [-0.2, -0.15) is 0 Å². The lowest BCUT2D eigenvalue weighted by Crippen LogP contribution is -2.40. The third-order valence-corrected chi connectivity index (χ3v) is 7.05. The number of aryl methyl sites for hydroxylation is 2. The second kappa shape index (κ2) is 9.17. The third kappa shape index (κ3) is 4.40. The Morgan fingerprint density at radius 1 is 1.11 bits per heavy atom. The van der Waals surface area contributed by atoms with E-state index in [0.29, 0.717) is 42.8 Å². The largest absolute Gasteiger partial charge is 0.464 e. The zero-order valence-electron chi connectivity index (χ0n) is 19.3. The van der Waals surface area contributed by atoms with Gasteiger partial charge in [-0.05, 0) is 68.3 Å². The minimum atomic E-state index is -0.745. The average Bonchev–Trinajstić information content (AvgIpc) is 3.37. The summed E-state index contributed by atoms with van der Waals surface area (Å²) in [6.07, 6.45) is 1.78. The van der Waals surface area contributed by atoms with Gasteiger partial charge in [0.2, 0.25) is 0 Å². The normalized spacial score (nSPS) is 15.7. The maximum atomic E-state index is 13.6. The van der Waals surface area contributed by atoms with E-state index in [4.69, 9.17) is 16.0 Å². The molecule has 2 aromatic carbocycles. The predicted octanol–water partition coefficient (Wildman–Crippen LogP) is 4.74. The summed E-state index contributed by atoms with van der Waals surface area (Å²) >= 11 is 7.40. The molecule has 1 aliphatic rings. The number of fused-ring (bicyclic) bond motifs is 1. The van der Waals surface area contributed by atoms with E-state index in [1.165, 1.54) is 11.3 Å². The van der Waals surface area contributed by atoms with Gasteiger partial charge in [0.1, 0.15) is 17.6 Å².